The Morgan fingerprint density at radius 1 is 0.857 bits per heavy atom. The number of aromatic carboxylic acids is 1. The van der Waals surface area contributed by atoms with Crippen LogP contribution in [0.25, 0.3) is 21.9 Å². The zero-order valence-corrected chi connectivity index (χ0v) is 19.7. The van der Waals surface area contributed by atoms with Gasteiger partial charge in [0.25, 0.3) is 10.0 Å². The van der Waals surface area contributed by atoms with Crippen LogP contribution in [-0.4, -0.2) is 19.5 Å². The summed E-state index contributed by atoms with van der Waals surface area (Å²) in [6, 6.07) is 17.1. The van der Waals surface area contributed by atoms with Crippen LogP contribution in [0.2, 0.25) is 10.0 Å². The molecule has 4 aromatic carbocycles. The lowest BCUT2D eigenvalue weighted by atomic mass is 9.96. The van der Waals surface area contributed by atoms with Crippen molar-refractivity contribution in [2.75, 3.05) is 4.72 Å². The van der Waals surface area contributed by atoms with Gasteiger partial charge in [0.15, 0.2) is 0 Å². The molecule has 11 heteroatoms. The number of anilines is 1. The molecule has 0 aliphatic rings. The Morgan fingerprint density at radius 2 is 1.49 bits per heavy atom. The van der Waals surface area contributed by atoms with Gasteiger partial charge in [-0.15, -0.1) is 0 Å². The van der Waals surface area contributed by atoms with Crippen molar-refractivity contribution >= 4 is 55.7 Å². The van der Waals surface area contributed by atoms with E-state index in [1.165, 1.54) is 18.2 Å². The Kier molecular flexibility index (Phi) is 6.44. The molecule has 0 unspecified atom stereocenters. The fourth-order valence-electron chi connectivity index (χ4n) is 3.64. The van der Waals surface area contributed by atoms with E-state index in [1.54, 1.807) is 42.5 Å². The first kappa shape index (κ1) is 24.8. The predicted octanol–water partition coefficient (Wildman–Crippen LogP) is 7.33. The first-order valence-electron chi connectivity index (χ1n) is 9.83. The lowest BCUT2D eigenvalue weighted by Crippen LogP contribution is -2.15. The molecule has 0 spiro atoms. The third-order valence-corrected chi connectivity index (χ3v) is 7.47. The van der Waals surface area contributed by atoms with Crippen molar-refractivity contribution in [1.29, 1.82) is 0 Å². The largest absolute Gasteiger partial charge is 0.478 e. The molecule has 0 aromatic heterocycles. The molecule has 2 N–H and O–H groups in total. The Balaban J connectivity index is 1.81. The van der Waals surface area contributed by atoms with Crippen LogP contribution in [0.1, 0.15) is 15.9 Å². The number of alkyl halides is 3. The summed E-state index contributed by atoms with van der Waals surface area (Å²) in [5, 5.41) is 9.02. The summed E-state index contributed by atoms with van der Waals surface area (Å²) in [4.78, 5) is 10.7. The third kappa shape index (κ3) is 4.93. The van der Waals surface area contributed by atoms with E-state index in [9.17, 15) is 31.5 Å². The first-order valence-corrected chi connectivity index (χ1v) is 12.1. The number of carboxylic acids is 1. The second-order valence-corrected chi connectivity index (χ2v) is 9.90. The molecule has 0 radical (unpaired) electrons. The molecule has 5 nitrogen and oxygen atoms in total. The number of halogens is 5. The van der Waals surface area contributed by atoms with E-state index in [1.807, 2.05) is 0 Å². The molecule has 0 heterocycles. The van der Waals surface area contributed by atoms with Gasteiger partial charge in [0, 0.05) is 5.39 Å². The van der Waals surface area contributed by atoms with Crippen LogP contribution < -0.4 is 4.72 Å². The number of hydrogen-bond donors (Lipinski definition) is 2. The van der Waals surface area contributed by atoms with Crippen LogP contribution in [0.3, 0.4) is 0 Å². The fourth-order valence-corrected chi connectivity index (χ4v) is 5.93. The average Bonchev–Trinajstić information content (AvgIpc) is 2.78. The predicted molar refractivity (Wildman–Crippen MR) is 129 cm³/mol. The number of rotatable bonds is 5. The highest BCUT2D eigenvalue weighted by Crippen LogP contribution is 2.40. The summed E-state index contributed by atoms with van der Waals surface area (Å²) in [6.45, 7) is 0. The molecule has 180 valence electrons. The molecule has 0 saturated carbocycles. The smallest absolute Gasteiger partial charge is 0.416 e. The van der Waals surface area contributed by atoms with Crippen LogP contribution in [-0.2, 0) is 16.2 Å². The fraction of sp³-hybridized carbons (Fsp3) is 0.0417. The highest BCUT2D eigenvalue weighted by molar-refractivity contribution is 7.93. The molecule has 0 aliphatic heterocycles. The average molecular weight is 540 g/mol. The van der Waals surface area contributed by atoms with Gasteiger partial charge < -0.3 is 5.11 Å². The molecule has 0 fully saturated rings. The second-order valence-electron chi connectivity index (χ2n) is 7.46. The van der Waals surface area contributed by atoms with E-state index in [-0.39, 0.29) is 11.3 Å². The lowest BCUT2D eigenvalue weighted by molar-refractivity contribution is -0.137. The SMILES string of the molecule is O=C(O)c1cccc(-c2ccc(NS(=O)(=O)c3c(Cl)cc(C(F)(F)F)cc3Cl)c3ccccc23)c1. The Labute approximate surface area is 207 Å². The lowest BCUT2D eigenvalue weighted by Gasteiger charge is -2.16. The highest BCUT2D eigenvalue weighted by Gasteiger charge is 2.34. The standard InChI is InChI=1S/C24H14Cl2F3NO4S/c25-19-11-15(24(27,28)29)12-20(26)22(19)35(33,34)30-21-9-8-16(17-6-1-2-7-18(17)21)13-4-3-5-14(10-13)23(31)32/h1-12,30H,(H,31,32). The van der Waals surface area contributed by atoms with Gasteiger partial charge in [-0.05, 0) is 46.8 Å². The van der Waals surface area contributed by atoms with Crippen LogP contribution in [0.4, 0.5) is 18.9 Å². The maximum absolute atomic E-state index is 13.1. The molecule has 0 bridgehead atoms. The molecule has 35 heavy (non-hydrogen) atoms. The number of nitrogens with one attached hydrogen (secondary N) is 1. The van der Waals surface area contributed by atoms with Crippen molar-refractivity contribution < 1.29 is 31.5 Å². The minimum Gasteiger partial charge on any atom is -0.478 e. The molecule has 0 atom stereocenters. The summed E-state index contributed by atoms with van der Waals surface area (Å²) < 4.78 is 67.6. The minimum absolute atomic E-state index is 0.0861. The molecule has 0 saturated heterocycles. The Morgan fingerprint density at radius 3 is 2.09 bits per heavy atom. The van der Waals surface area contributed by atoms with Gasteiger partial charge in [-0.2, -0.15) is 13.2 Å². The van der Waals surface area contributed by atoms with Gasteiger partial charge in [0.05, 0.1) is 26.9 Å². The topological polar surface area (TPSA) is 83.5 Å². The molecule has 0 amide bonds. The van der Waals surface area contributed by atoms with Crippen molar-refractivity contribution in [3.8, 4) is 11.1 Å². The summed E-state index contributed by atoms with van der Waals surface area (Å²) in [5.74, 6) is -1.09. The summed E-state index contributed by atoms with van der Waals surface area (Å²) in [6.07, 6.45) is -4.76. The van der Waals surface area contributed by atoms with Gasteiger partial charge in [-0.25, -0.2) is 13.2 Å². The van der Waals surface area contributed by atoms with E-state index in [4.69, 9.17) is 23.2 Å². The summed E-state index contributed by atoms with van der Waals surface area (Å²) >= 11 is 11.8. The van der Waals surface area contributed by atoms with Gasteiger partial charge >= 0.3 is 12.1 Å². The van der Waals surface area contributed by atoms with Crippen LogP contribution in [0, 0.1) is 0 Å². The molecular formula is C24H14Cl2F3NO4S. The van der Waals surface area contributed by atoms with Crippen molar-refractivity contribution in [2.45, 2.75) is 11.1 Å². The number of carboxylic acid groups (broad SMARTS) is 1. The number of carbonyl (C=O) groups is 1. The van der Waals surface area contributed by atoms with Crippen LogP contribution >= 0.6 is 23.2 Å². The quantitative estimate of drug-likeness (QED) is 0.278. The summed E-state index contributed by atoms with van der Waals surface area (Å²) in [5.41, 5.74) is 0.292. The highest BCUT2D eigenvalue weighted by atomic mass is 35.5. The first-order chi connectivity index (χ1) is 16.4. The van der Waals surface area contributed by atoms with Gasteiger partial charge in [-0.1, -0.05) is 65.7 Å². The van der Waals surface area contributed by atoms with Crippen molar-refractivity contribution in [3.05, 3.63) is 94.0 Å². The number of sulfonamides is 1. The van der Waals surface area contributed by atoms with Crippen molar-refractivity contribution in [1.82, 2.24) is 0 Å². The zero-order chi connectivity index (χ0) is 25.5. The van der Waals surface area contributed by atoms with E-state index in [0.717, 1.165) is 0 Å². The maximum atomic E-state index is 13.1. The molecule has 0 aliphatic carbocycles. The number of benzene rings is 4. The Bertz CT molecular complexity index is 1560. The number of fused-ring (bicyclic) bond motifs is 1. The molecule has 4 rings (SSSR count). The normalized spacial score (nSPS) is 12.0. The molecular weight excluding hydrogens is 526 g/mol. The third-order valence-electron chi connectivity index (χ3n) is 5.18. The van der Waals surface area contributed by atoms with E-state index >= 15 is 0 Å². The van der Waals surface area contributed by atoms with Gasteiger partial charge in [0.2, 0.25) is 0 Å². The Hall–Kier alpha value is -3.27. The maximum Gasteiger partial charge on any atom is 0.416 e. The van der Waals surface area contributed by atoms with E-state index in [2.05, 4.69) is 4.72 Å². The minimum atomic E-state index is -4.76. The number of hydrogen-bond acceptors (Lipinski definition) is 3. The molecule has 4 aromatic rings. The van der Waals surface area contributed by atoms with E-state index < -0.39 is 42.7 Å². The van der Waals surface area contributed by atoms with Gasteiger partial charge in [-0.3, -0.25) is 4.72 Å². The monoisotopic (exact) mass is 539 g/mol. The summed E-state index contributed by atoms with van der Waals surface area (Å²) in [7, 11) is -4.48. The van der Waals surface area contributed by atoms with Crippen LogP contribution in [0.15, 0.2) is 77.7 Å². The van der Waals surface area contributed by atoms with Crippen LogP contribution in [0.5, 0.6) is 0 Å². The van der Waals surface area contributed by atoms with Gasteiger partial charge in [0.1, 0.15) is 4.90 Å². The second kappa shape index (κ2) is 9.07. The van der Waals surface area contributed by atoms with Crippen molar-refractivity contribution in [3.63, 3.8) is 0 Å². The van der Waals surface area contributed by atoms with Crippen molar-refractivity contribution in [2.24, 2.45) is 0 Å². The van der Waals surface area contributed by atoms with E-state index in [0.29, 0.717) is 34.0 Å². The zero-order valence-electron chi connectivity index (χ0n) is 17.4.